The second-order valence-electron chi connectivity index (χ2n) is 7.83. The fourth-order valence-electron chi connectivity index (χ4n) is 3.35. The summed E-state index contributed by atoms with van der Waals surface area (Å²) < 4.78 is 5.85. The van der Waals surface area contributed by atoms with Crippen molar-refractivity contribution in [1.82, 2.24) is 0 Å². The van der Waals surface area contributed by atoms with Gasteiger partial charge in [-0.05, 0) is 64.3 Å². The Morgan fingerprint density at radius 1 is 0.968 bits per heavy atom. The van der Waals surface area contributed by atoms with E-state index in [4.69, 9.17) is 4.42 Å². The predicted molar refractivity (Wildman–Crippen MR) is 121 cm³/mol. The molecule has 6 nitrogen and oxygen atoms in total. The zero-order valence-electron chi connectivity index (χ0n) is 17.8. The number of aromatic hydroxyl groups is 4. The highest BCUT2D eigenvalue weighted by molar-refractivity contribution is 5.91. The molecule has 0 saturated heterocycles. The van der Waals surface area contributed by atoms with Crippen LogP contribution >= 0.6 is 0 Å². The second-order valence-corrected chi connectivity index (χ2v) is 7.83. The molecule has 0 atom stereocenters. The molecule has 3 rings (SSSR count). The van der Waals surface area contributed by atoms with Gasteiger partial charge in [0.05, 0.1) is 0 Å². The van der Waals surface area contributed by atoms with Gasteiger partial charge in [-0.25, -0.2) is 0 Å². The van der Waals surface area contributed by atoms with E-state index in [1.807, 2.05) is 26.8 Å². The Hall–Kier alpha value is -3.67. The van der Waals surface area contributed by atoms with Gasteiger partial charge in [0.1, 0.15) is 28.2 Å². The Kier molecular flexibility index (Phi) is 6.39. The number of allylic oxidation sites excluding steroid dienone is 4. The van der Waals surface area contributed by atoms with Crippen molar-refractivity contribution in [2.45, 2.75) is 40.0 Å². The van der Waals surface area contributed by atoms with Gasteiger partial charge >= 0.3 is 0 Å². The van der Waals surface area contributed by atoms with Gasteiger partial charge in [0.2, 0.25) is 11.2 Å². The van der Waals surface area contributed by atoms with E-state index in [0.717, 1.165) is 24.5 Å². The molecule has 4 N–H and O–H groups in total. The molecular formula is C25H26O6. The molecule has 1 heterocycles. The zero-order chi connectivity index (χ0) is 22.7. The lowest BCUT2D eigenvalue weighted by Gasteiger charge is -2.12. The Labute approximate surface area is 180 Å². The molecule has 6 heteroatoms. The molecule has 2 aromatic carbocycles. The molecule has 0 unspecified atom stereocenters. The number of rotatable bonds is 6. The van der Waals surface area contributed by atoms with Crippen LogP contribution in [-0.2, 0) is 6.42 Å². The van der Waals surface area contributed by atoms with Crippen LogP contribution in [0, 0.1) is 0 Å². The van der Waals surface area contributed by atoms with Crippen LogP contribution in [0.5, 0.6) is 23.0 Å². The molecule has 0 radical (unpaired) electrons. The van der Waals surface area contributed by atoms with Gasteiger partial charge in [0.25, 0.3) is 0 Å². The maximum Gasteiger partial charge on any atom is 0.238 e. The fourth-order valence-corrected chi connectivity index (χ4v) is 3.35. The minimum Gasteiger partial charge on any atom is -0.508 e. The summed E-state index contributed by atoms with van der Waals surface area (Å²) in [5.41, 5.74) is 2.28. The first-order chi connectivity index (χ1) is 14.7. The Balaban J connectivity index is 2.12. The number of benzene rings is 2. The van der Waals surface area contributed by atoms with Crippen molar-refractivity contribution < 1.29 is 24.8 Å². The molecule has 0 saturated carbocycles. The third-order valence-electron chi connectivity index (χ3n) is 5.08. The van der Waals surface area contributed by atoms with E-state index in [-0.39, 0.29) is 34.6 Å². The first-order valence-electron chi connectivity index (χ1n) is 10.0. The molecule has 31 heavy (non-hydrogen) atoms. The van der Waals surface area contributed by atoms with Crippen molar-refractivity contribution in [3.05, 3.63) is 69.4 Å². The van der Waals surface area contributed by atoms with Crippen LogP contribution < -0.4 is 5.43 Å². The Morgan fingerprint density at radius 3 is 2.29 bits per heavy atom. The number of fused-ring (bicyclic) bond motifs is 1. The third kappa shape index (κ3) is 4.74. The molecule has 0 aliphatic rings. The van der Waals surface area contributed by atoms with Gasteiger partial charge in [-0.2, -0.15) is 0 Å². The molecule has 0 bridgehead atoms. The van der Waals surface area contributed by atoms with E-state index in [0.29, 0.717) is 11.1 Å². The number of hydrogen-bond acceptors (Lipinski definition) is 6. The maximum absolute atomic E-state index is 12.8. The molecule has 0 amide bonds. The standard InChI is InChI=1S/C25H26O6/c1-14(2)5-4-6-15(3)7-12-18-19(27)13-20(28)21-22(29)23(30)24(31-25(18)21)16-8-10-17(26)11-9-16/h5,7-11,13,26-28,30H,4,6,12H2,1-3H3/b15-7+. The smallest absolute Gasteiger partial charge is 0.238 e. The van der Waals surface area contributed by atoms with E-state index in [1.165, 1.54) is 29.8 Å². The van der Waals surface area contributed by atoms with Gasteiger partial charge in [-0.1, -0.05) is 23.3 Å². The average molecular weight is 422 g/mol. The van der Waals surface area contributed by atoms with Crippen LogP contribution in [0.15, 0.2) is 62.8 Å². The summed E-state index contributed by atoms with van der Waals surface area (Å²) >= 11 is 0. The third-order valence-corrected chi connectivity index (χ3v) is 5.08. The van der Waals surface area contributed by atoms with Crippen molar-refractivity contribution in [3.63, 3.8) is 0 Å². The average Bonchev–Trinajstić information content (AvgIpc) is 2.70. The first-order valence-corrected chi connectivity index (χ1v) is 10.0. The molecule has 0 aliphatic carbocycles. The zero-order valence-corrected chi connectivity index (χ0v) is 17.8. The van der Waals surface area contributed by atoms with Crippen LogP contribution in [0.1, 0.15) is 39.2 Å². The largest absolute Gasteiger partial charge is 0.508 e. The lowest BCUT2D eigenvalue weighted by molar-refractivity contribution is 0.435. The van der Waals surface area contributed by atoms with E-state index < -0.39 is 16.9 Å². The minimum atomic E-state index is -0.799. The van der Waals surface area contributed by atoms with Crippen molar-refractivity contribution in [1.29, 1.82) is 0 Å². The van der Waals surface area contributed by atoms with Gasteiger partial charge in [-0.15, -0.1) is 0 Å². The molecule has 0 fully saturated rings. The van der Waals surface area contributed by atoms with Crippen molar-refractivity contribution in [2.75, 3.05) is 0 Å². The number of phenols is 3. The van der Waals surface area contributed by atoms with Crippen molar-refractivity contribution >= 4 is 11.0 Å². The van der Waals surface area contributed by atoms with Crippen molar-refractivity contribution in [3.8, 4) is 34.3 Å². The number of phenolic OH excluding ortho intramolecular Hbond substituents is 3. The monoisotopic (exact) mass is 422 g/mol. The summed E-state index contributed by atoms with van der Waals surface area (Å²) in [6.45, 7) is 6.08. The van der Waals surface area contributed by atoms with Crippen molar-refractivity contribution in [2.24, 2.45) is 0 Å². The Morgan fingerprint density at radius 2 is 1.65 bits per heavy atom. The fraction of sp³-hybridized carbons (Fsp3) is 0.240. The van der Waals surface area contributed by atoms with Crippen LogP contribution in [0.25, 0.3) is 22.3 Å². The molecule has 162 valence electrons. The van der Waals surface area contributed by atoms with E-state index >= 15 is 0 Å². The molecule has 0 aliphatic heterocycles. The summed E-state index contributed by atoms with van der Waals surface area (Å²) in [6, 6.07) is 6.88. The maximum atomic E-state index is 12.8. The predicted octanol–water partition coefficient (Wildman–Crippen LogP) is 5.52. The van der Waals surface area contributed by atoms with Crippen LogP contribution in [-0.4, -0.2) is 20.4 Å². The molecule has 3 aromatic rings. The van der Waals surface area contributed by atoms with Crippen LogP contribution in [0.2, 0.25) is 0 Å². The summed E-state index contributed by atoms with van der Waals surface area (Å²) in [4.78, 5) is 12.8. The van der Waals surface area contributed by atoms with E-state index in [1.54, 1.807) is 0 Å². The minimum absolute atomic E-state index is 0.0109. The SMILES string of the molecule is CC(C)=CCC/C(C)=C/Cc1c(O)cc(O)c2c(=O)c(O)c(-c3ccc(O)cc3)oc12. The van der Waals surface area contributed by atoms with E-state index in [9.17, 15) is 25.2 Å². The highest BCUT2D eigenvalue weighted by atomic mass is 16.4. The van der Waals surface area contributed by atoms with Gasteiger partial charge in [0.15, 0.2) is 5.76 Å². The summed E-state index contributed by atoms with van der Waals surface area (Å²) in [5, 5.41) is 40.4. The quantitative estimate of drug-likeness (QED) is 0.389. The molecular weight excluding hydrogens is 396 g/mol. The summed E-state index contributed by atoms with van der Waals surface area (Å²) in [6.07, 6.45) is 6.13. The summed E-state index contributed by atoms with van der Waals surface area (Å²) in [5.74, 6) is -1.41. The topological polar surface area (TPSA) is 111 Å². The first kappa shape index (κ1) is 22.0. The highest BCUT2D eigenvalue weighted by Gasteiger charge is 2.22. The van der Waals surface area contributed by atoms with E-state index in [2.05, 4.69) is 6.08 Å². The second kappa shape index (κ2) is 9.00. The van der Waals surface area contributed by atoms with Gasteiger partial charge in [-0.3, -0.25) is 4.79 Å². The number of hydrogen-bond donors (Lipinski definition) is 4. The molecule has 0 spiro atoms. The Bertz CT molecular complexity index is 1230. The highest BCUT2D eigenvalue weighted by Crippen LogP contribution is 2.38. The van der Waals surface area contributed by atoms with Gasteiger partial charge in [0, 0.05) is 17.2 Å². The van der Waals surface area contributed by atoms with Crippen LogP contribution in [0.3, 0.4) is 0 Å². The van der Waals surface area contributed by atoms with Crippen LogP contribution in [0.4, 0.5) is 0 Å². The lowest BCUT2D eigenvalue weighted by atomic mass is 10.0. The summed E-state index contributed by atoms with van der Waals surface area (Å²) in [7, 11) is 0. The van der Waals surface area contributed by atoms with Gasteiger partial charge < -0.3 is 24.8 Å². The normalized spacial score (nSPS) is 11.6. The molecule has 1 aromatic heterocycles. The lowest BCUT2D eigenvalue weighted by Crippen LogP contribution is -2.05.